The van der Waals surface area contributed by atoms with E-state index in [-0.39, 0.29) is 4.90 Å². The predicted molar refractivity (Wildman–Crippen MR) is 75.1 cm³/mol. The molecular weight excluding hydrogens is 286 g/mol. The van der Waals surface area contributed by atoms with Crippen LogP contribution in [0.25, 0.3) is 10.9 Å². The maximum atomic E-state index is 11.5. The SMILES string of the molecule is C=CCCOc1ccc(S(=O)(=O)Cl)c2ncccc12. The van der Waals surface area contributed by atoms with Crippen LogP contribution in [0.15, 0.2) is 48.0 Å². The molecule has 0 saturated carbocycles. The summed E-state index contributed by atoms with van der Waals surface area (Å²) in [6.45, 7) is 4.08. The van der Waals surface area contributed by atoms with E-state index in [0.29, 0.717) is 29.7 Å². The second-order valence-corrected chi connectivity index (χ2v) is 6.36. The van der Waals surface area contributed by atoms with Crippen LogP contribution in [0.1, 0.15) is 6.42 Å². The van der Waals surface area contributed by atoms with Gasteiger partial charge in [-0.25, -0.2) is 8.42 Å². The van der Waals surface area contributed by atoms with E-state index < -0.39 is 9.05 Å². The molecule has 0 saturated heterocycles. The minimum atomic E-state index is -3.83. The first-order valence-electron chi connectivity index (χ1n) is 5.60. The summed E-state index contributed by atoms with van der Waals surface area (Å²) in [4.78, 5) is 4.06. The molecule has 1 aromatic heterocycles. The summed E-state index contributed by atoms with van der Waals surface area (Å²) < 4.78 is 28.6. The summed E-state index contributed by atoms with van der Waals surface area (Å²) in [5, 5.41) is 0.619. The first-order valence-corrected chi connectivity index (χ1v) is 7.91. The van der Waals surface area contributed by atoms with Gasteiger partial charge in [-0.3, -0.25) is 4.98 Å². The average molecular weight is 298 g/mol. The van der Waals surface area contributed by atoms with Gasteiger partial charge in [0, 0.05) is 22.3 Å². The average Bonchev–Trinajstić information content (AvgIpc) is 2.37. The number of fused-ring (bicyclic) bond motifs is 1. The fourth-order valence-corrected chi connectivity index (χ4v) is 2.69. The normalized spacial score (nSPS) is 11.4. The molecule has 0 aliphatic rings. The molecular formula is C13H12ClNO3S. The monoisotopic (exact) mass is 297 g/mol. The van der Waals surface area contributed by atoms with Crippen LogP contribution in [0, 0.1) is 0 Å². The topological polar surface area (TPSA) is 56.3 Å². The molecule has 1 heterocycles. The van der Waals surface area contributed by atoms with Crippen molar-refractivity contribution in [1.82, 2.24) is 4.98 Å². The van der Waals surface area contributed by atoms with Crippen LogP contribution in [0.3, 0.4) is 0 Å². The standard InChI is InChI=1S/C13H12ClNO3S/c1-2-3-9-18-11-6-7-12(19(14,16)17)13-10(11)5-4-8-15-13/h2,4-8H,1,3,9H2. The number of nitrogens with zero attached hydrogens (tertiary/aromatic N) is 1. The number of ether oxygens (including phenoxy) is 1. The van der Waals surface area contributed by atoms with Crippen LogP contribution >= 0.6 is 10.7 Å². The van der Waals surface area contributed by atoms with Gasteiger partial charge in [-0.05, 0) is 30.7 Å². The lowest BCUT2D eigenvalue weighted by molar-refractivity contribution is 0.328. The number of aromatic nitrogens is 1. The molecule has 1 aromatic carbocycles. The Hall–Kier alpha value is -1.59. The molecule has 2 rings (SSSR count). The van der Waals surface area contributed by atoms with Gasteiger partial charge in [-0.15, -0.1) is 6.58 Å². The van der Waals surface area contributed by atoms with E-state index in [1.165, 1.54) is 12.3 Å². The highest BCUT2D eigenvalue weighted by Crippen LogP contribution is 2.31. The van der Waals surface area contributed by atoms with E-state index in [2.05, 4.69) is 11.6 Å². The Balaban J connectivity index is 2.55. The summed E-state index contributed by atoms with van der Waals surface area (Å²) in [5.41, 5.74) is 0.314. The zero-order valence-corrected chi connectivity index (χ0v) is 11.6. The van der Waals surface area contributed by atoms with Crippen LogP contribution in [-0.2, 0) is 9.05 Å². The lowest BCUT2D eigenvalue weighted by Gasteiger charge is -2.09. The van der Waals surface area contributed by atoms with Crippen molar-refractivity contribution < 1.29 is 13.2 Å². The third kappa shape index (κ3) is 3.05. The summed E-state index contributed by atoms with van der Waals surface area (Å²) in [6.07, 6.45) is 3.97. The van der Waals surface area contributed by atoms with Crippen LogP contribution in [0.4, 0.5) is 0 Å². The fourth-order valence-electron chi connectivity index (χ4n) is 1.70. The van der Waals surface area contributed by atoms with Gasteiger partial charge < -0.3 is 4.74 Å². The summed E-state index contributed by atoms with van der Waals surface area (Å²) in [7, 11) is 1.56. The maximum absolute atomic E-state index is 11.5. The Morgan fingerprint density at radius 2 is 2.16 bits per heavy atom. The fraction of sp³-hybridized carbons (Fsp3) is 0.154. The van der Waals surface area contributed by atoms with Crippen molar-refractivity contribution in [2.24, 2.45) is 0 Å². The zero-order valence-electron chi connectivity index (χ0n) is 10.0. The summed E-state index contributed by atoms with van der Waals surface area (Å²) in [6, 6.07) is 6.45. The molecule has 2 aromatic rings. The van der Waals surface area contributed by atoms with Gasteiger partial charge >= 0.3 is 0 Å². The largest absolute Gasteiger partial charge is 0.493 e. The van der Waals surface area contributed by atoms with Crippen molar-refractivity contribution in [3.63, 3.8) is 0 Å². The smallest absolute Gasteiger partial charge is 0.263 e. The Kier molecular flexibility index (Phi) is 4.07. The molecule has 100 valence electrons. The zero-order chi connectivity index (χ0) is 13.9. The predicted octanol–water partition coefficient (Wildman–Crippen LogP) is 3.12. The van der Waals surface area contributed by atoms with Gasteiger partial charge in [0.25, 0.3) is 9.05 Å². The maximum Gasteiger partial charge on any atom is 0.263 e. The van der Waals surface area contributed by atoms with Crippen molar-refractivity contribution in [2.45, 2.75) is 11.3 Å². The molecule has 0 radical (unpaired) electrons. The van der Waals surface area contributed by atoms with E-state index in [1.807, 2.05) is 0 Å². The number of benzene rings is 1. The Labute approximate surface area is 116 Å². The van der Waals surface area contributed by atoms with Crippen LogP contribution in [-0.4, -0.2) is 20.0 Å². The molecule has 0 spiro atoms. The molecule has 19 heavy (non-hydrogen) atoms. The second kappa shape index (κ2) is 5.59. The summed E-state index contributed by atoms with van der Waals surface area (Å²) >= 11 is 0. The van der Waals surface area contributed by atoms with E-state index in [4.69, 9.17) is 15.4 Å². The highest BCUT2D eigenvalue weighted by atomic mass is 35.7. The van der Waals surface area contributed by atoms with Crippen molar-refractivity contribution in [3.8, 4) is 5.75 Å². The molecule has 0 aliphatic heterocycles. The lowest BCUT2D eigenvalue weighted by atomic mass is 10.2. The van der Waals surface area contributed by atoms with Gasteiger partial charge in [0.2, 0.25) is 0 Å². The van der Waals surface area contributed by atoms with Gasteiger partial charge in [0.15, 0.2) is 0 Å². The Morgan fingerprint density at radius 3 is 2.84 bits per heavy atom. The molecule has 0 aliphatic carbocycles. The first-order chi connectivity index (χ1) is 9.04. The quantitative estimate of drug-likeness (QED) is 0.483. The molecule has 0 atom stereocenters. The molecule has 6 heteroatoms. The Bertz CT molecular complexity index is 713. The molecule has 0 N–H and O–H groups in total. The number of pyridine rings is 1. The van der Waals surface area contributed by atoms with E-state index in [0.717, 1.165) is 0 Å². The molecule has 0 fully saturated rings. The molecule has 0 bridgehead atoms. The van der Waals surface area contributed by atoms with Crippen molar-refractivity contribution >= 4 is 30.6 Å². The summed E-state index contributed by atoms with van der Waals surface area (Å²) in [5.74, 6) is 0.578. The van der Waals surface area contributed by atoms with Crippen molar-refractivity contribution in [2.75, 3.05) is 6.61 Å². The van der Waals surface area contributed by atoms with E-state index >= 15 is 0 Å². The highest BCUT2D eigenvalue weighted by molar-refractivity contribution is 8.14. The third-order valence-electron chi connectivity index (χ3n) is 2.53. The van der Waals surface area contributed by atoms with E-state index in [9.17, 15) is 8.42 Å². The molecule has 0 unspecified atom stereocenters. The number of halogens is 1. The lowest BCUT2D eigenvalue weighted by Crippen LogP contribution is -1.99. The second-order valence-electron chi connectivity index (χ2n) is 3.83. The van der Waals surface area contributed by atoms with Gasteiger partial charge in [0.1, 0.15) is 10.6 Å². The van der Waals surface area contributed by atoms with Crippen molar-refractivity contribution in [3.05, 3.63) is 43.1 Å². The van der Waals surface area contributed by atoms with Crippen LogP contribution in [0.2, 0.25) is 0 Å². The third-order valence-corrected chi connectivity index (χ3v) is 3.89. The van der Waals surface area contributed by atoms with Gasteiger partial charge in [-0.1, -0.05) is 6.08 Å². The van der Waals surface area contributed by atoms with Gasteiger partial charge in [0.05, 0.1) is 12.1 Å². The van der Waals surface area contributed by atoms with Crippen LogP contribution in [0.5, 0.6) is 5.75 Å². The highest BCUT2D eigenvalue weighted by Gasteiger charge is 2.17. The van der Waals surface area contributed by atoms with E-state index in [1.54, 1.807) is 24.3 Å². The minimum Gasteiger partial charge on any atom is -0.493 e. The van der Waals surface area contributed by atoms with Crippen LogP contribution < -0.4 is 4.74 Å². The molecule has 4 nitrogen and oxygen atoms in total. The minimum absolute atomic E-state index is 0.0131. The number of rotatable bonds is 5. The van der Waals surface area contributed by atoms with Gasteiger partial charge in [-0.2, -0.15) is 0 Å². The number of hydrogen-bond donors (Lipinski definition) is 0. The van der Waals surface area contributed by atoms with Crippen molar-refractivity contribution in [1.29, 1.82) is 0 Å². The Morgan fingerprint density at radius 1 is 1.37 bits per heavy atom. The number of hydrogen-bond acceptors (Lipinski definition) is 4. The first kappa shape index (κ1) is 13.8. The molecule has 0 amide bonds.